The first kappa shape index (κ1) is 12.1. The Morgan fingerprint density at radius 1 is 1.00 bits per heavy atom. The highest BCUT2D eigenvalue weighted by molar-refractivity contribution is 6.87. The molecular formula is C15H16NO2Si+. The fraction of sp³-hybridized carbons (Fsp3) is 0.200. The van der Waals surface area contributed by atoms with Gasteiger partial charge in [0.15, 0.2) is 19.0 Å². The van der Waals surface area contributed by atoms with Crippen molar-refractivity contribution in [3.8, 4) is 0 Å². The first-order chi connectivity index (χ1) is 8.98. The largest absolute Gasteiger partial charge is 0.607 e. The minimum atomic E-state index is -1.61. The number of rotatable bonds is 1. The van der Waals surface area contributed by atoms with E-state index in [1.54, 1.807) is 4.40 Å². The van der Waals surface area contributed by atoms with E-state index in [9.17, 15) is 4.79 Å². The SMILES string of the molecule is C[Si](C)(C)c1cccc2c3ccccc3oc(=O)[n+]12. The van der Waals surface area contributed by atoms with Crippen LogP contribution in [0, 0.1) is 0 Å². The maximum Gasteiger partial charge on any atom is 0.607 e. The molecule has 19 heavy (non-hydrogen) atoms. The van der Waals surface area contributed by atoms with Crippen LogP contribution in [0.4, 0.5) is 0 Å². The number of para-hydroxylation sites is 1. The van der Waals surface area contributed by atoms with Gasteiger partial charge >= 0.3 is 5.76 Å². The van der Waals surface area contributed by atoms with Crippen LogP contribution in [0.2, 0.25) is 19.6 Å². The van der Waals surface area contributed by atoms with Crippen molar-refractivity contribution in [2.24, 2.45) is 0 Å². The van der Waals surface area contributed by atoms with Gasteiger partial charge in [0.2, 0.25) is 5.52 Å². The number of hydrogen-bond acceptors (Lipinski definition) is 2. The molecule has 4 heteroatoms. The Kier molecular flexibility index (Phi) is 2.57. The molecular weight excluding hydrogens is 254 g/mol. The van der Waals surface area contributed by atoms with Crippen molar-refractivity contribution >= 4 is 29.9 Å². The molecule has 2 aromatic heterocycles. The van der Waals surface area contributed by atoms with Crippen LogP contribution in [0.5, 0.6) is 0 Å². The van der Waals surface area contributed by atoms with Crippen LogP contribution in [0.25, 0.3) is 16.5 Å². The molecule has 3 nitrogen and oxygen atoms in total. The third-order valence-electron chi connectivity index (χ3n) is 3.30. The quantitative estimate of drug-likeness (QED) is 0.385. The number of benzene rings is 1. The van der Waals surface area contributed by atoms with E-state index in [1.165, 1.54) is 0 Å². The molecule has 0 aliphatic carbocycles. The number of fused-ring (bicyclic) bond motifs is 3. The average molecular weight is 270 g/mol. The fourth-order valence-corrected chi connectivity index (χ4v) is 3.89. The maximum absolute atomic E-state index is 12.3. The minimum absolute atomic E-state index is 0.299. The second kappa shape index (κ2) is 4.03. The molecule has 0 aliphatic rings. The summed E-state index contributed by atoms with van der Waals surface area (Å²) in [4.78, 5) is 12.3. The van der Waals surface area contributed by atoms with Gasteiger partial charge in [0.05, 0.1) is 5.39 Å². The molecule has 0 aliphatic heterocycles. The van der Waals surface area contributed by atoms with E-state index in [-0.39, 0.29) is 5.76 Å². The van der Waals surface area contributed by atoms with Crippen LogP contribution in [0.3, 0.4) is 0 Å². The standard InChI is InChI=1S/C15H16NO2Si/c1-19(2,3)14-10-6-8-12-11-7-4-5-9-13(11)18-15(17)16(12)14/h4-10H,1-3H3/q+1. The van der Waals surface area contributed by atoms with Crippen molar-refractivity contribution in [2.75, 3.05) is 0 Å². The van der Waals surface area contributed by atoms with Crippen molar-refractivity contribution in [1.29, 1.82) is 0 Å². The molecule has 0 saturated carbocycles. The summed E-state index contributed by atoms with van der Waals surface area (Å²) in [5.74, 6) is -0.299. The molecule has 0 amide bonds. The van der Waals surface area contributed by atoms with Gasteiger partial charge in [-0.25, -0.2) is 0 Å². The highest BCUT2D eigenvalue weighted by atomic mass is 28.3. The Hall–Kier alpha value is -1.94. The third-order valence-corrected chi connectivity index (χ3v) is 5.23. The highest BCUT2D eigenvalue weighted by Crippen LogP contribution is 2.14. The van der Waals surface area contributed by atoms with Crippen molar-refractivity contribution < 1.29 is 8.82 Å². The predicted octanol–water partition coefficient (Wildman–Crippen LogP) is 2.08. The zero-order chi connectivity index (χ0) is 13.6. The van der Waals surface area contributed by atoms with E-state index >= 15 is 0 Å². The molecule has 1 aromatic carbocycles. The molecule has 96 valence electrons. The molecule has 3 rings (SSSR count). The van der Waals surface area contributed by atoms with Crippen LogP contribution >= 0.6 is 0 Å². The van der Waals surface area contributed by atoms with Crippen LogP contribution in [0.1, 0.15) is 0 Å². The summed E-state index contributed by atoms with van der Waals surface area (Å²) in [7, 11) is -1.61. The summed E-state index contributed by atoms with van der Waals surface area (Å²) in [6, 6.07) is 13.7. The molecule has 3 aromatic rings. The Balaban J connectivity index is 2.59. The fourth-order valence-electron chi connectivity index (χ4n) is 2.41. The minimum Gasteiger partial charge on any atom is -0.371 e. The van der Waals surface area contributed by atoms with Gasteiger partial charge in [-0.1, -0.05) is 36.2 Å². The lowest BCUT2D eigenvalue weighted by Gasteiger charge is -2.11. The molecule has 0 bridgehead atoms. The molecule has 0 spiro atoms. The first-order valence-electron chi connectivity index (χ1n) is 6.35. The van der Waals surface area contributed by atoms with Gasteiger partial charge in [0.25, 0.3) is 0 Å². The van der Waals surface area contributed by atoms with Crippen LogP contribution in [0.15, 0.2) is 51.7 Å². The Morgan fingerprint density at radius 3 is 2.47 bits per heavy atom. The van der Waals surface area contributed by atoms with Gasteiger partial charge in [-0.3, -0.25) is 0 Å². The molecule has 0 N–H and O–H groups in total. The number of hydrogen-bond donors (Lipinski definition) is 0. The zero-order valence-corrected chi connectivity index (χ0v) is 12.3. The van der Waals surface area contributed by atoms with Crippen LogP contribution in [-0.2, 0) is 0 Å². The number of nitrogens with zero attached hydrogens (tertiary/aromatic N) is 1. The summed E-state index contributed by atoms with van der Waals surface area (Å²) in [5, 5.41) is 2.06. The summed E-state index contributed by atoms with van der Waals surface area (Å²) < 4.78 is 7.17. The lowest BCUT2D eigenvalue weighted by atomic mass is 10.2. The summed E-state index contributed by atoms with van der Waals surface area (Å²) in [5.41, 5.74) is 1.56. The van der Waals surface area contributed by atoms with Crippen molar-refractivity contribution in [2.45, 2.75) is 19.6 Å². The maximum atomic E-state index is 12.3. The molecule has 0 saturated heterocycles. The van der Waals surface area contributed by atoms with E-state index in [2.05, 4.69) is 19.6 Å². The van der Waals surface area contributed by atoms with Gasteiger partial charge in [0.1, 0.15) is 0 Å². The number of pyridine rings is 1. The van der Waals surface area contributed by atoms with Crippen molar-refractivity contribution in [1.82, 2.24) is 0 Å². The topological polar surface area (TPSA) is 34.3 Å². The third kappa shape index (κ3) is 1.88. The van der Waals surface area contributed by atoms with E-state index in [1.807, 2.05) is 42.5 Å². The first-order valence-corrected chi connectivity index (χ1v) is 9.85. The summed E-state index contributed by atoms with van der Waals surface area (Å²) in [6.07, 6.45) is 0. The zero-order valence-electron chi connectivity index (χ0n) is 11.3. The normalized spacial score (nSPS) is 12.2. The number of aromatic nitrogens is 1. The monoisotopic (exact) mass is 270 g/mol. The Morgan fingerprint density at radius 2 is 1.74 bits per heavy atom. The van der Waals surface area contributed by atoms with Crippen molar-refractivity contribution in [3.05, 3.63) is 53.0 Å². The second-order valence-electron chi connectivity index (χ2n) is 5.75. The van der Waals surface area contributed by atoms with Crippen LogP contribution in [-0.4, -0.2) is 8.07 Å². The Labute approximate surface area is 112 Å². The van der Waals surface area contributed by atoms with Crippen molar-refractivity contribution in [3.63, 3.8) is 0 Å². The summed E-state index contributed by atoms with van der Waals surface area (Å²) >= 11 is 0. The average Bonchev–Trinajstić information content (AvgIpc) is 2.37. The van der Waals surface area contributed by atoms with Gasteiger partial charge < -0.3 is 4.42 Å². The molecule has 0 atom stereocenters. The van der Waals surface area contributed by atoms with E-state index < -0.39 is 8.07 Å². The molecule has 0 unspecified atom stereocenters. The molecule has 0 radical (unpaired) electrons. The van der Waals surface area contributed by atoms with E-state index in [0.29, 0.717) is 5.58 Å². The lowest BCUT2D eigenvalue weighted by Crippen LogP contribution is -2.62. The highest BCUT2D eigenvalue weighted by Gasteiger charge is 2.30. The predicted molar refractivity (Wildman–Crippen MR) is 78.6 cm³/mol. The van der Waals surface area contributed by atoms with Crippen LogP contribution < -0.4 is 15.5 Å². The van der Waals surface area contributed by atoms with E-state index in [4.69, 9.17) is 4.42 Å². The second-order valence-corrected chi connectivity index (χ2v) is 10.8. The molecule has 0 fully saturated rings. The van der Waals surface area contributed by atoms with Gasteiger partial charge in [0, 0.05) is 6.07 Å². The van der Waals surface area contributed by atoms with Gasteiger partial charge in [-0.05, 0) is 24.3 Å². The molecule has 2 heterocycles. The smallest absolute Gasteiger partial charge is 0.371 e. The van der Waals surface area contributed by atoms with E-state index in [0.717, 1.165) is 16.2 Å². The van der Waals surface area contributed by atoms with Gasteiger partial charge in [-0.2, -0.15) is 4.79 Å². The van der Waals surface area contributed by atoms with Gasteiger partial charge in [-0.15, -0.1) is 0 Å². The summed E-state index contributed by atoms with van der Waals surface area (Å²) in [6.45, 7) is 6.68. The Bertz CT molecular complexity index is 831. The lowest BCUT2D eigenvalue weighted by molar-refractivity contribution is -0.524.